The minimum absolute atomic E-state index is 0.0596. The summed E-state index contributed by atoms with van der Waals surface area (Å²) in [6, 6.07) is 11.3. The first-order valence-electron chi connectivity index (χ1n) is 8.97. The summed E-state index contributed by atoms with van der Waals surface area (Å²) in [6.45, 7) is 2.00. The van der Waals surface area contributed by atoms with Crippen molar-refractivity contribution in [2.24, 2.45) is 0 Å². The van der Waals surface area contributed by atoms with Crippen molar-refractivity contribution in [1.29, 1.82) is 0 Å². The fraction of sp³-hybridized carbons (Fsp3) is 0.238. The number of carbonyl (C=O) groups is 1. The Balaban J connectivity index is 1.72. The fourth-order valence-corrected chi connectivity index (χ4v) is 4.70. The van der Waals surface area contributed by atoms with Gasteiger partial charge in [0, 0.05) is 15.8 Å². The second-order valence-corrected chi connectivity index (χ2v) is 8.22. The summed E-state index contributed by atoms with van der Waals surface area (Å²) in [5, 5.41) is 8.08. The Labute approximate surface area is 189 Å². The molecular weight excluding hydrogens is 444 g/mol. The van der Waals surface area contributed by atoms with E-state index in [9.17, 15) is 4.79 Å². The Morgan fingerprint density at radius 2 is 1.83 bits per heavy atom. The van der Waals surface area contributed by atoms with E-state index in [4.69, 9.17) is 38.0 Å². The third kappa shape index (κ3) is 4.61. The van der Waals surface area contributed by atoms with Crippen molar-refractivity contribution in [3.8, 4) is 11.5 Å². The van der Waals surface area contributed by atoms with Crippen LogP contribution in [0.1, 0.15) is 28.2 Å². The smallest absolute Gasteiger partial charge is 0.349 e. The van der Waals surface area contributed by atoms with Crippen molar-refractivity contribution >= 4 is 62.0 Å². The molecule has 0 aliphatic rings. The van der Waals surface area contributed by atoms with Crippen LogP contribution in [0.4, 0.5) is 5.69 Å². The van der Waals surface area contributed by atoms with Gasteiger partial charge in [-0.3, -0.25) is 0 Å². The van der Waals surface area contributed by atoms with Gasteiger partial charge in [-0.1, -0.05) is 17.7 Å². The van der Waals surface area contributed by atoms with E-state index < -0.39 is 5.97 Å². The first-order valence-corrected chi connectivity index (χ1v) is 10.6. The maximum atomic E-state index is 11.8. The lowest BCUT2D eigenvalue weighted by Gasteiger charge is -2.19. The monoisotopic (exact) mass is 464 g/mol. The normalized spacial score (nSPS) is 11.6. The van der Waals surface area contributed by atoms with Gasteiger partial charge >= 0.3 is 5.97 Å². The molecule has 0 spiro atoms. The molecular formula is C21H21ClN2O4S2. The zero-order valence-corrected chi connectivity index (χ0v) is 19.3. The molecule has 0 saturated heterocycles. The van der Waals surface area contributed by atoms with E-state index in [0.29, 0.717) is 26.5 Å². The molecule has 1 unspecified atom stereocenters. The average molecular weight is 465 g/mol. The molecule has 1 heterocycles. The molecule has 2 aromatic carbocycles. The number of halogens is 1. The van der Waals surface area contributed by atoms with Crippen LogP contribution in [0.5, 0.6) is 11.5 Å². The standard InChI is InChI=1S/C21H21ClN2O4S2/c1-11(12-5-8-15(26-2)16(9-12)27-3)23-21(29)24-13-6-7-14-17(10-13)30-19(18(14)22)20(25)28-4/h5-11H,1-4H3,(H2,23,24,29). The summed E-state index contributed by atoms with van der Waals surface area (Å²) >= 11 is 13.0. The largest absolute Gasteiger partial charge is 0.493 e. The number of methoxy groups -OCH3 is 3. The van der Waals surface area contributed by atoms with E-state index in [1.807, 2.05) is 43.3 Å². The van der Waals surface area contributed by atoms with Gasteiger partial charge in [-0.25, -0.2) is 4.79 Å². The third-order valence-electron chi connectivity index (χ3n) is 4.51. The molecule has 0 fully saturated rings. The van der Waals surface area contributed by atoms with E-state index in [0.717, 1.165) is 21.3 Å². The van der Waals surface area contributed by atoms with Gasteiger partial charge in [0.25, 0.3) is 0 Å². The number of thiocarbonyl (C=S) groups is 1. The Kier molecular flexibility index (Phi) is 7.02. The number of nitrogens with one attached hydrogen (secondary N) is 2. The highest BCUT2D eigenvalue weighted by Crippen LogP contribution is 2.37. The van der Waals surface area contributed by atoms with Crippen LogP contribution < -0.4 is 20.1 Å². The van der Waals surface area contributed by atoms with Crippen molar-refractivity contribution in [1.82, 2.24) is 5.32 Å². The van der Waals surface area contributed by atoms with Crippen LogP contribution in [0.15, 0.2) is 36.4 Å². The molecule has 30 heavy (non-hydrogen) atoms. The van der Waals surface area contributed by atoms with Crippen LogP contribution in [0, 0.1) is 0 Å². The van der Waals surface area contributed by atoms with Crippen LogP contribution in [-0.4, -0.2) is 32.4 Å². The number of anilines is 1. The van der Waals surface area contributed by atoms with E-state index in [-0.39, 0.29) is 6.04 Å². The Bertz CT molecular complexity index is 1100. The molecule has 9 heteroatoms. The van der Waals surface area contributed by atoms with Gasteiger partial charge in [0.2, 0.25) is 0 Å². The average Bonchev–Trinajstić information content (AvgIpc) is 3.08. The highest BCUT2D eigenvalue weighted by Gasteiger charge is 2.18. The molecule has 3 rings (SSSR count). The predicted molar refractivity (Wildman–Crippen MR) is 125 cm³/mol. The SMILES string of the molecule is COC(=O)c1sc2cc(NC(=S)NC(C)c3ccc(OC)c(OC)c3)ccc2c1Cl. The van der Waals surface area contributed by atoms with Gasteiger partial charge in [0.05, 0.1) is 32.4 Å². The minimum atomic E-state index is -0.448. The summed E-state index contributed by atoms with van der Waals surface area (Å²) in [5.74, 6) is 0.879. The number of hydrogen-bond donors (Lipinski definition) is 2. The third-order valence-corrected chi connectivity index (χ3v) is 6.37. The number of thiophene rings is 1. The van der Waals surface area contributed by atoms with Crippen LogP contribution in [-0.2, 0) is 4.74 Å². The van der Waals surface area contributed by atoms with Crippen molar-refractivity contribution in [3.05, 3.63) is 51.9 Å². The molecule has 1 aromatic heterocycles. The van der Waals surface area contributed by atoms with Crippen LogP contribution in [0.2, 0.25) is 5.02 Å². The van der Waals surface area contributed by atoms with E-state index in [2.05, 4.69) is 10.6 Å². The van der Waals surface area contributed by atoms with Gasteiger partial charge in [0.1, 0.15) is 4.88 Å². The maximum absolute atomic E-state index is 11.8. The Morgan fingerprint density at radius 3 is 2.50 bits per heavy atom. The molecule has 0 bridgehead atoms. The molecule has 0 saturated carbocycles. The van der Waals surface area contributed by atoms with Crippen molar-refractivity contribution in [2.45, 2.75) is 13.0 Å². The number of hydrogen-bond acceptors (Lipinski definition) is 6. The number of carbonyl (C=O) groups excluding carboxylic acids is 1. The van der Waals surface area contributed by atoms with Crippen LogP contribution >= 0.6 is 35.2 Å². The number of ether oxygens (including phenoxy) is 3. The molecule has 0 amide bonds. The highest BCUT2D eigenvalue weighted by atomic mass is 35.5. The second kappa shape index (κ2) is 9.51. The molecule has 0 aliphatic carbocycles. The lowest BCUT2D eigenvalue weighted by molar-refractivity contribution is 0.0606. The summed E-state index contributed by atoms with van der Waals surface area (Å²) in [6.07, 6.45) is 0. The van der Waals surface area contributed by atoms with Crippen molar-refractivity contribution in [2.75, 3.05) is 26.6 Å². The zero-order chi connectivity index (χ0) is 21.8. The first kappa shape index (κ1) is 22.1. The lowest BCUT2D eigenvalue weighted by atomic mass is 10.1. The van der Waals surface area contributed by atoms with Gasteiger partial charge in [-0.15, -0.1) is 11.3 Å². The second-order valence-electron chi connectivity index (χ2n) is 6.38. The number of fused-ring (bicyclic) bond motifs is 1. The molecule has 0 aliphatic heterocycles. The molecule has 3 aromatic rings. The quantitative estimate of drug-likeness (QED) is 0.373. The molecule has 6 nitrogen and oxygen atoms in total. The van der Waals surface area contributed by atoms with Crippen LogP contribution in [0.3, 0.4) is 0 Å². The minimum Gasteiger partial charge on any atom is -0.493 e. The summed E-state index contributed by atoms with van der Waals surface area (Å²) in [4.78, 5) is 12.2. The van der Waals surface area contributed by atoms with Crippen LogP contribution in [0.25, 0.3) is 10.1 Å². The number of rotatable bonds is 6. The van der Waals surface area contributed by atoms with Gasteiger partial charge in [-0.05, 0) is 55.0 Å². The number of esters is 1. The summed E-state index contributed by atoms with van der Waals surface area (Å²) in [5.41, 5.74) is 1.79. The summed E-state index contributed by atoms with van der Waals surface area (Å²) in [7, 11) is 4.54. The summed E-state index contributed by atoms with van der Waals surface area (Å²) < 4.78 is 16.3. The zero-order valence-electron chi connectivity index (χ0n) is 16.9. The number of benzene rings is 2. The van der Waals surface area contributed by atoms with Gasteiger partial charge < -0.3 is 24.8 Å². The van der Waals surface area contributed by atoms with E-state index in [1.54, 1.807) is 14.2 Å². The van der Waals surface area contributed by atoms with E-state index >= 15 is 0 Å². The Morgan fingerprint density at radius 1 is 1.10 bits per heavy atom. The molecule has 2 N–H and O–H groups in total. The lowest BCUT2D eigenvalue weighted by Crippen LogP contribution is -2.30. The molecule has 1 atom stereocenters. The highest BCUT2D eigenvalue weighted by molar-refractivity contribution is 7.80. The predicted octanol–water partition coefficient (Wildman–Crippen LogP) is 5.41. The maximum Gasteiger partial charge on any atom is 0.349 e. The molecule has 0 radical (unpaired) electrons. The van der Waals surface area contributed by atoms with E-state index in [1.165, 1.54) is 18.4 Å². The van der Waals surface area contributed by atoms with Crippen molar-refractivity contribution in [3.63, 3.8) is 0 Å². The Hall–Kier alpha value is -2.55. The van der Waals surface area contributed by atoms with Gasteiger partial charge in [-0.2, -0.15) is 0 Å². The first-order chi connectivity index (χ1) is 14.4. The van der Waals surface area contributed by atoms with Crippen molar-refractivity contribution < 1.29 is 19.0 Å². The molecule has 158 valence electrons. The fourth-order valence-electron chi connectivity index (χ4n) is 2.94. The topological polar surface area (TPSA) is 68.8 Å². The van der Waals surface area contributed by atoms with Gasteiger partial charge in [0.15, 0.2) is 16.6 Å².